The summed E-state index contributed by atoms with van der Waals surface area (Å²) in [6, 6.07) is 7.21. The van der Waals surface area contributed by atoms with Gasteiger partial charge >= 0.3 is 0 Å². The summed E-state index contributed by atoms with van der Waals surface area (Å²) in [6.07, 6.45) is 3.43. The molecular weight excluding hydrogens is 274 g/mol. The van der Waals surface area contributed by atoms with Crippen LogP contribution in [0, 0.1) is 6.92 Å². The first-order chi connectivity index (χ1) is 9.60. The van der Waals surface area contributed by atoms with Gasteiger partial charge in [0.2, 0.25) is 12.3 Å². The molecule has 0 fully saturated rings. The van der Waals surface area contributed by atoms with Crippen molar-refractivity contribution in [2.75, 3.05) is 7.05 Å². The van der Waals surface area contributed by atoms with Crippen LogP contribution in [0.4, 0.5) is 0 Å². The SMILES string of the molecule is CNNC(=O)c1ccc[n+](CC(=O)c2ccc(C)s2)c1. The normalized spacial score (nSPS) is 10.3. The van der Waals surface area contributed by atoms with Crippen LogP contribution in [-0.2, 0) is 6.54 Å². The molecule has 0 aromatic carbocycles. The molecule has 2 rings (SSSR count). The van der Waals surface area contributed by atoms with Crippen molar-refractivity contribution in [1.82, 2.24) is 10.9 Å². The number of nitrogens with zero attached hydrogens (tertiary/aromatic N) is 1. The average Bonchev–Trinajstić information content (AvgIpc) is 2.86. The minimum Gasteiger partial charge on any atom is -0.288 e. The fraction of sp³-hybridized carbons (Fsp3) is 0.214. The summed E-state index contributed by atoms with van der Waals surface area (Å²) in [4.78, 5) is 25.6. The largest absolute Gasteiger partial charge is 0.288 e. The Hall–Kier alpha value is -2.05. The molecule has 0 bridgehead atoms. The number of pyridine rings is 1. The Morgan fingerprint density at radius 1 is 1.30 bits per heavy atom. The van der Waals surface area contributed by atoms with Gasteiger partial charge in [0, 0.05) is 18.0 Å². The molecule has 2 N–H and O–H groups in total. The Bertz CT molecular complexity index is 637. The molecule has 2 aromatic rings. The van der Waals surface area contributed by atoms with Crippen molar-refractivity contribution in [3.05, 3.63) is 52.0 Å². The number of hydrogen-bond acceptors (Lipinski definition) is 4. The molecule has 0 aliphatic heterocycles. The van der Waals surface area contributed by atoms with Crippen LogP contribution in [0.2, 0.25) is 0 Å². The molecule has 2 aromatic heterocycles. The van der Waals surface area contributed by atoms with Crippen molar-refractivity contribution in [1.29, 1.82) is 0 Å². The number of Topliss-reactive ketones (excluding diaryl/α,β-unsaturated/α-hetero) is 1. The van der Waals surface area contributed by atoms with Crippen molar-refractivity contribution in [2.45, 2.75) is 13.5 Å². The van der Waals surface area contributed by atoms with Crippen LogP contribution in [0.3, 0.4) is 0 Å². The van der Waals surface area contributed by atoms with Gasteiger partial charge in [-0.05, 0) is 25.1 Å². The number of carbonyl (C=O) groups excluding carboxylic acids is 2. The zero-order valence-electron chi connectivity index (χ0n) is 11.3. The molecule has 0 unspecified atom stereocenters. The maximum Gasteiger partial charge on any atom is 0.271 e. The second kappa shape index (κ2) is 6.40. The van der Waals surface area contributed by atoms with Gasteiger partial charge < -0.3 is 0 Å². The molecule has 0 spiro atoms. The Balaban J connectivity index is 2.12. The molecule has 20 heavy (non-hydrogen) atoms. The van der Waals surface area contributed by atoms with Crippen molar-refractivity contribution in [3.8, 4) is 0 Å². The van der Waals surface area contributed by atoms with Gasteiger partial charge in [-0.3, -0.25) is 15.0 Å². The third kappa shape index (κ3) is 3.49. The summed E-state index contributed by atoms with van der Waals surface area (Å²) in [5, 5.41) is 0. The van der Waals surface area contributed by atoms with Gasteiger partial charge in [-0.15, -0.1) is 11.3 Å². The maximum absolute atomic E-state index is 12.1. The van der Waals surface area contributed by atoms with E-state index < -0.39 is 0 Å². The fourth-order valence-corrected chi connectivity index (χ4v) is 2.57. The van der Waals surface area contributed by atoms with Crippen LogP contribution in [0.1, 0.15) is 24.9 Å². The highest BCUT2D eigenvalue weighted by molar-refractivity contribution is 7.13. The second-order valence-corrected chi connectivity index (χ2v) is 5.59. The van der Waals surface area contributed by atoms with Crippen LogP contribution in [0.5, 0.6) is 0 Å². The molecule has 1 amide bonds. The second-order valence-electron chi connectivity index (χ2n) is 4.30. The molecular formula is C14H16N3O2S+. The Kier molecular flexibility index (Phi) is 4.60. The molecule has 104 valence electrons. The smallest absolute Gasteiger partial charge is 0.271 e. The van der Waals surface area contributed by atoms with Crippen molar-refractivity contribution >= 4 is 23.0 Å². The monoisotopic (exact) mass is 290 g/mol. The predicted molar refractivity (Wildman–Crippen MR) is 76.5 cm³/mol. The molecule has 5 nitrogen and oxygen atoms in total. The highest BCUT2D eigenvalue weighted by atomic mass is 32.1. The predicted octanol–water partition coefficient (Wildman–Crippen LogP) is 1.09. The number of ketones is 1. The van der Waals surface area contributed by atoms with E-state index in [9.17, 15) is 9.59 Å². The number of carbonyl (C=O) groups is 2. The van der Waals surface area contributed by atoms with E-state index in [0.29, 0.717) is 5.56 Å². The van der Waals surface area contributed by atoms with Crippen LogP contribution < -0.4 is 15.4 Å². The van der Waals surface area contributed by atoms with Crippen LogP contribution in [0.25, 0.3) is 0 Å². The number of rotatable bonds is 5. The fourth-order valence-electron chi connectivity index (χ4n) is 1.77. The van der Waals surface area contributed by atoms with E-state index in [1.54, 1.807) is 36.1 Å². The summed E-state index contributed by atoms with van der Waals surface area (Å²) in [5.41, 5.74) is 5.57. The first-order valence-electron chi connectivity index (χ1n) is 6.16. The van der Waals surface area contributed by atoms with Crippen LogP contribution >= 0.6 is 11.3 Å². The number of aromatic nitrogens is 1. The van der Waals surface area contributed by atoms with Gasteiger partial charge in [0.15, 0.2) is 12.4 Å². The van der Waals surface area contributed by atoms with Gasteiger partial charge in [-0.1, -0.05) is 0 Å². The number of thiophene rings is 1. The molecule has 0 atom stereocenters. The lowest BCUT2D eigenvalue weighted by atomic mass is 10.2. The Morgan fingerprint density at radius 2 is 2.10 bits per heavy atom. The summed E-state index contributed by atoms with van der Waals surface area (Å²) in [7, 11) is 1.62. The van der Waals surface area contributed by atoms with Crippen molar-refractivity contribution < 1.29 is 14.2 Å². The lowest BCUT2D eigenvalue weighted by Gasteiger charge is -2.01. The Labute approximate surface area is 121 Å². The standard InChI is InChI=1S/C14H15N3O2S/c1-10-5-6-13(20-10)12(18)9-17-7-3-4-11(8-17)14(19)16-15-2/h3-8,15H,9H2,1-2H3/p+1. The lowest BCUT2D eigenvalue weighted by Crippen LogP contribution is -2.40. The van der Waals surface area contributed by atoms with Gasteiger partial charge in [0.05, 0.1) is 4.88 Å². The molecule has 0 aliphatic carbocycles. The molecule has 6 heteroatoms. The lowest BCUT2D eigenvalue weighted by molar-refractivity contribution is -0.683. The van der Waals surface area contributed by atoms with Gasteiger partial charge in [0.25, 0.3) is 5.91 Å². The first-order valence-corrected chi connectivity index (χ1v) is 6.97. The van der Waals surface area contributed by atoms with Crippen molar-refractivity contribution in [2.24, 2.45) is 0 Å². The quantitative estimate of drug-likeness (QED) is 0.492. The number of amides is 1. The van der Waals surface area contributed by atoms with E-state index >= 15 is 0 Å². The molecule has 0 aliphatic rings. The van der Waals surface area contributed by atoms with E-state index in [1.165, 1.54) is 11.3 Å². The van der Waals surface area contributed by atoms with Gasteiger partial charge in [-0.2, -0.15) is 4.57 Å². The first kappa shape index (κ1) is 14.4. The van der Waals surface area contributed by atoms with E-state index in [-0.39, 0.29) is 18.2 Å². The Morgan fingerprint density at radius 3 is 2.75 bits per heavy atom. The zero-order valence-corrected chi connectivity index (χ0v) is 12.2. The van der Waals surface area contributed by atoms with Crippen molar-refractivity contribution in [3.63, 3.8) is 0 Å². The minimum atomic E-state index is -0.235. The minimum absolute atomic E-state index is 0.0410. The van der Waals surface area contributed by atoms with E-state index in [0.717, 1.165) is 9.75 Å². The highest BCUT2D eigenvalue weighted by Crippen LogP contribution is 2.15. The summed E-state index contributed by atoms with van der Waals surface area (Å²) in [5.74, 6) is -0.194. The third-order valence-corrected chi connectivity index (χ3v) is 3.74. The van der Waals surface area contributed by atoms with Crippen LogP contribution in [-0.4, -0.2) is 18.7 Å². The highest BCUT2D eigenvalue weighted by Gasteiger charge is 2.16. The van der Waals surface area contributed by atoms with Crippen LogP contribution in [0.15, 0.2) is 36.7 Å². The summed E-state index contributed by atoms with van der Waals surface area (Å²) >= 11 is 1.48. The van der Waals surface area contributed by atoms with E-state index in [2.05, 4.69) is 10.9 Å². The number of nitrogens with one attached hydrogen (secondary N) is 2. The number of hydrogen-bond donors (Lipinski definition) is 2. The molecule has 0 radical (unpaired) electrons. The van der Waals surface area contributed by atoms with Gasteiger partial charge in [0.1, 0.15) is 5.56 Å². The number of hydrazine groups is 1. The molecule has 2 heterocycles. The molecule has 0 saturated carbocycles. The molecule has 0 saturated heterocycles. The summed E-state index contributed by atoms with van der Waals surface area (Å²) in [6.45, 7) is 2.19. The average molecular weight is 290 g/mol. The van der Waals surface area contributed by atoms with E-state index in [4.69, 9.17) is 0 Å². The maximum atomic E-state index is 12.1. The van der Waals surface area contributed by atoms with Gasteiger partial charge in [-0.25, -0.2) is 5.43 Å². The topological polar surface area (TPSA) is 62.1 Å². The summed E-state index contributed by atoms with van der Waals surface area (Å²) < 4.78 is 1.71. The van der Waals surface area contributed by atoms with E-state index in [1.807, 2.05) is 19.1 Å². The number of aryl methyl sites for hydroxylation is 1. The zero-order chi connectivity index (χ0) is 14.5. The third-order valence-electron chi connectivity index (χ3n) is 2.70.